The highest BCUT2D eigenvalue weighted by Gasteiger charge is 2.21. The molecule has 3 rings (SSSR count). The number of nitrogens with one attached hydrogen (secondary N) is 1. The number of benzene rings is 1. The molecule has 0 saturated carbocycles. The largest absolute Gasteiger partial charge is 0.389 e. The average Bonchev–Trinajstić information content (AvgIpc) is 3.41. The van der Waals surface area contributed by atoms with E-state index in [0.29, 0.717) is 25.2 Å². The predicted octanol–water partition coefficient (Wildman–Crippen LogP) is 3.95. The van der Waals surface area contributed by atoms with Gasteiger partial charge in [0.2, 0.25) is 0 Å². The Labute approximate surface area is 183 Å². The molecule has 1 aliphatic heterocycles. The predicted molar refractivity (Wildman–Crippen MR) is 116 cm³/mol. The van der Waals surface area contributed by atoms with Gasteiger partial charge < -0.3 is 14.3 Å². The highest BCUT2D eigenvalue weighted by Crippen LogP contribution is 2.21. The topological polar surface area (TPSA) is 82.0 Å². The van der Waals surface area contributed by atoms with E-state index in [1.54, 1.807) is 11.8 Å². The standard InChI is InChI=1S/C20H24FN3O4S2/c1-2-26-9-3-11-29-16-6-4-14(5-7-16)18(24-28-15-8-10-27-13-15)19(25)23-20-22-12-17(21)30-20/h4-7,12,15H,2-3,8-11,13H2,1H3,(H,22,23,25)/t15-/m1/s1. The van der Waals surface area contributed by atoms with E-state index in [-0.39, 0.29) is 16.9 Å². The second kappa shape index (κ2) is 12.0. The third-order valence-electron chi connectivity index (χ3n) is 4.13. The molecule has 0 radical (unpaired) electrons. The molecule has 1 aliphatic rings. The van der Waals surface area contributed by atoms with Crippen molar-refractivity contribution in [2.75, 3.05) is 37.5 Å². The summed E-state index contributed by atoms with van der Waals surface area (Å²) in [4.78, 5) is 23.2. The molecular weight excluding hydrogens is 429 g/mol. The Morgan fingerprint density at radius 3 is 2.93 bits per heavy atom. The van der Waals surface area contributed by atoms with Gasteiger partial charge in [-0.3, -0.25) is 10.1 Å². The molecule has 162 valence electrons. The van der Waals surface area contributed by atoms with Crippen LogP contribution in [0, 0.1) is 5.13 Å². The van der Waals surface area contributed by atoms with Crippen molar-refractivity contribution in [2.45, 2.75) is 30.8 Å². The number of hydrogen-bond acceptors (Lipinski definition) is 8. The van der Waals surface area contributed by atoms with Crippen molar-refractivity contribution >= 4 is 39.8 Å². The number of carbonyl (C=O) groups is 1. The van der Waals surface area contributed by atoms with Gasteiger partial charge in [0.25, 0.3) is 5.91 Å². The third kappa shape index (κ3) is 7.05. The molecule has 7 nitrogen and oxygen atoms in total. The van der Waals surface area contributed by atoms with Crippen molar-refractivity contribution in [3.05, 3.63) is 41.2 Å². The Kier molecular flexibility index (Phi) is 9.06. The van der Waals surface area contributed by atoms with Crippen LogP contribution in [0.1, 0.15) is 25.3 Å². The summed E-state index contributed by atoms with van der Waals surface area (Å²) in [6, 6.07) is 7.51. The summed E-state index contributed by atoms with van der Waals surface area (Å²) in [6.45, 7) is 4.50. The van der Waals surface area contributed by atoms with E-state index in [1.165, 1.54) is 0 Å². The van der Waals surface area contributed by atoms with E-state index in [0.717, 1.165) is 47.8 Å². The van der Waals surface area contributed by atoms with E-state index in [2.05, 4.69) is 15.5 Å². The first-order valence-electron chi connectivity index (χ1n) is 9.71. The van der Waals surface area contributed by atoms with Gasteiger partial charge in [0, 0.05) is 35.8 Å². The van der Waals surface area contributed by atoms with Crippen LogP contribution in [-0.2, 0) is 19.1 Å². The summed E-state index contributed by atoms with van der Waals surface area (Å²) >= 11 is 2.47. The molecule has 2 heterocycles. The maximum absolute atomic E-state index is 13.2. The van der Waals surface area contributed by atoms with Crippen LogP contribution in [0.3, 0.4) is 0 Å². The number of aromatic nitrogens is 1. The summed E-state index contributed by atoms with van der Waals surface area (Å²) in [7, 11) is 0. The smallest absolute Gasteiger partial charge is 0.280 e. The number of carbonyl (C=O) groups excluding carboxylic acids is 1. The molecule has 1 fully saturated rings. The van der Waals surface area contributed by atoms with Gasteiger partial charge in [-0.2, -0.15) is 4.39 Å². The SMILES string of the molecule is CCOCCCSc1ccc(C(=NO[C@@H]2CCOC2)C(=O)Nc2ncc(F)s2)cc1. The molecular formula is C20H24FN3O4S2. The number of rotatable bonds is 11. The van der Waals surface area contributed by atoms with E-state index < -0.39 is 11.0 Å². The van der Waals surface area contributed by atoms with Gasteiger partial charge >= 0.3 is 0 Å². The van der Waals surface area contributed by atoms with Gasteiger partial charge in [-0.25, -0.2) is 4.98 Å². The summed E-state index contributed by atoms with van der Waals surface area (Å²) < 4.78 is 23.8. The lowest BCUT2D eigenvalue weighted by Gasteiger charge is -2.10. The molecule has 0 spiro atoms. The van der Waals surface area contributed by atoms with Crippen molar-refractivity contribution in [3.63, 3.8) is 0 Å². The van der Waals surface area contributed by atoms with Gasteiger partial charge in [0.05, 0.1) is 19.4 Å². The number of anilines is 1. The lowest BCUT2D eigenvalue weighted by Crippen LogP contribution is -2.25. The molecule has 1 saturated heterocycles. The van der Waals surface area contributed by atoms with Gasteiger partial charge in [-0.15, -0.1) is 11.8 Å². The zero-order chi connectivity index (χ0) is 21.2. The van der Waals surface area contributed by atoms with Crippen LogP contribution >= 0.6 is 23.1 Å². The zero-order valence-corrected chi connectivity index (χ0v) is 18.3. The fraction of sp³-hybridized carbons (Fsp3) is 0.450. The number of thiazole rings is 1. The summed E-state index contributed by atoms with van der Waals surface area (Å²) in [5.74, 6) is 0.432. The molecule has 10 heteroatoms. The van der Waals surface area contributed by atoms with Crippen molar-refractivity contribution in [3.8, 4) is 0 Å². The molecule has 1 aromatic heterocycles. The van der Waals surface area contributed by atoms with Crippen LogP contribution in [0.15, 0.2) is 40.5 Å². The summed E-state index contributed by atoms with van der Waals surface area (Å²) in [5.41, 5.74) is 0.701. The number of thioether (sulfide) groups is 1. The Morgan fingerprint density at radius 1 is 1.43 bits per heavy atom. The molecule has 1 N–H and O–H groups in total. The fourth-order valence-electron chi connectivity index (χ4n) is 2.62. The van der Waals surface area contributed by atoms with Crippen LogP contribution in [0.2, 0.25) is 0 Å². The van der Waals surface area contributed by atoms with Gasteiger partial charge in [-0.1, -0.05) is 28.6 Å². The average molecular weight is 454 g/mol. The van der Waals surface area contributed by atoms with Crippen LogP contribution in [0.25, 0.3) is 0 Å². The Hall–Kier alpha value is -2.01. The van der Waals surface area contributed by atoms with Crippen LogP contribution in [-0.4, -0.2) is 54.9 Å². The minimum Gasteiger partial charge on any atom is -0.389 e. The number of nitrogens with zero attached hydrogens (tertiary/aromatic N) is 2. The summed E-state index contributed by atoms with van der Waals surface area (Å²) in [5, 5.41) is 6.35. The molecule has 30 heavy (non-hydrogen) atoms. The third-order valence-corrected chi connectivity index (χ3v) is 5.93. The first kappa shape index (κ1) is 22.7. The lowest BCUT2D eigenvalue weighted by atomic mass is 10.1. The molecule has 1 amide bonds. The number of oxime groups is 1. The molecule has 1 aromatic carbocycles. The normalized spacial score (nSPS) is 16.6. The minimum atomic E-state index is -0.514. The van der Waals surface area contributed by atoms with Gasteiger partial charge in [0.15, 0.2) is 22.1 Å². The second-order valence-electron chi connectivity index (χ2n) is 6.38. The first-order chi connectivity index (χ1) is 14.7. The molecule has 1 atom stereocenters. The summed E-state index contributed by atoms with van der Waals surface area (Å²) in [6.07, 6.45) is 2.55. The number of ether oxygens (including phenoxy) is 2. The first-order valence-corrected chi connectivity index (χ1v) is 11.5. The van der Waals surface area contributed by atoms with E-state index >= 15 is 0 Å². The maximum Gasteiger partial charge on any atom is 0.280 e. The zero-order valence-electron chi connectivity index (χ0n) is 16.6. The number of halogens is 1. The highest BCUT2D eigenvalue weighted by molar-refractivity contribution is 7.99. The van der Waals surface area contributed by atoms with Crippen molar-refractivity contribution < 1.29 is 23.5 Å². The quantitative estimate of drug-likeness (QED) is 0.240. The van der Waals surface area contributed by atoms with Gasteiger partial charge in [-0.05, 0) is 25.5 Å². The Morgan fingerprint density at radius 2 is 2.27 bits per heavy atom. The Balaban J connectivity index is 1.67. The number of hydrogen-bond donors (Lipinski definition) is 1. The minimum absolute atomic E-state index is 0.102. The Bertz CT molecular complexity index is 839. The highest BCUT2D eigenvalue weighted by atomic mass is 32.2. The number of amides is 1. The van der Waals surface area contributed by atoms with E-state index in [9.17, 15) is 9.18 Å². The van der Waals surface area contributed by atoms with Gasteiger partial charge in [0.1, 0.15) is 0 Å². The monoisotopic (exact) mass is 453 g/mol. The van der Waals surface area contributed by atoms with Crippen LogP contribution in [0.5, 0.6) is 0 Å². The molecule has 2 aromatic rings. The van der Waals surface area contributed by atoms with Crippen molar-refractivity contribution in [2.24, 2.45) is 5.16 Å². The van der Waals surface area contributed by atoms with Crippen molar-refractivity contribution in [1.29, 1.82) is 0 Å². The van der Waals surface area contributed by atoms with E-state index in [1.807, 2.05) is 31.2 Å². The fourth-order valence-corrected chi connectivity index (χ4v) is 3.99. The van der Waals surface area contributed by atoms with Crippen molar-refractivity contribution in [1.82, 2.24) is 4.98 Å². The van der Waals surface area contributed by atoms with E-state index in [4.69, 9.17) is 14.3 Å². The van der Waals surface area contributed by atoms with Crippen LogP contribution in [0.4, 0.5) is 9.52 Å². The maximum atomic E-state index is 13.2. The molecule has 0 aliphatic carbocycles. The lowest BCUT2D eigenvalue weighted by molar-refractivity contribution is -0.110. The second-order valence-corrected chi connectivity index (χ2v) is 8.53. The molecule has 0 unspecified atom stereocenters. The van der Waals surface area contributed by atoms with Crippen LogP contribution < -0.4 is 5.32 Å². The molecule has 0 bridgehead atoms.